The highest BCUT2D eigenvalue weighted by Gasteiger charge is 2.18. The summed E-state index contributed by atoms with van der Waals surface area (Å²) in [5, 5.41) is 26.0. The maximum atomic E-state index is 14.8. The minimum Gasteiger partial charge on any atom is -0.367 e. The summed E-state index contributed by atoms with van der Waals surface area (Å²) in [7, 11) is 0. The first-order valence-corrected chi connectivity index (χ1v) is 9.73. The van der Waals surface area contributed by atoms with E-state index in [2.05, 4.69) is 31.8 Å². The predicted molar refractivity (Wildman–Crippen MR) is 113 cm³/mol. The molecule has 3 aromatic rings. The van der Waals surface area contributed by atoms with Crippen LogP contribution in [0.1, 0.15) is 22.4 Å². The van der Waals surface area contributed by atoms with E-state index in [-0.39, 0.29) is 5.82 Å². The lowest BCUT2D eigenvalue weighted by atomic mass is 10.0. The summed E-state index contributed by atoms with van der Waals surface area (Å²) >= 11 is 0. The molecule has 148 valence electrons. The highest BCUT2D eigenvalue weighted by atomic mass is 19.1. The topological polar surface area (TPSA) is 76.9 Å². The van der Waals surface area contributed by atoms with E-state index in [4.69, 9.17) is 0 Å². The first kappa shape index (κ1) is 19.1. The van der Waals surface area contributed by atoms with Crippen molar-refractivity contribution in [2.45, 2.75) is 20.4 Å². The Hall–Kier alpha value is -3.24. The summed E-state index contributed by atoms with van der Waals surface area (Å²) in [6.07, 6.45) is 0. The predicted octanol–water partition coefficient (Wildman–Crippen LogP) is 3.28. The van der Waals surface area contributed by atoms with Crippen LogP contribution in [0.2, 0.25) is 0 Å². The molecule has 1 fully saturated rings. The van der Waals surface area contributed by atoms with Crippen molar-refractivity contribution in [2.75, 3.05) is 36.4 Å². The zero-order valence-corrected chi connectivity index (χ0v) is 16.6. The molecule has 1 aliphatic heterocycles. The first-order valence-electron chi connectivity index (χ1n) is 9.73. The molecule has 2 aromatic carbocycles. The summed E-state index contributed by atoms with van der Waals surface area (Å²) < 4.78 is 14.8. The third-order valence-electron chi connectivity index (χ3n) is 5.50. The molecule has 6 nitrogen and oxygen atoms in total. The van der Waals surface area contributed by atoms with E-state index in [1.807, 2.05) is 38.1 Å². The molecule has 0 amide bonds. The zero-order valence-electron chi connectivity index (χ0n) is 16.6. The molecule has 0 spiro atoms. The number of aromatic nitrogens is 2. The molecule has 0 unspecified atom stereocenters. The van der Waals surface area contributed by atoms with E-state index in [1.54, 1.807) is 6.07 Å². The number of rotatable bonds is 4. The van der Waals surface area contributed by atoms with Gasteiger partial charge in [0.25, 0.3) is 0 Å². The van der Waals surface area contributed by atoms with Gasteiger partial charge in [0.1, 0.15) is 5.82 Å². The van der Waals surface area contributed by atoms with Crippen LogP contribution in [-0.4, -0.2) is 36.4 Å². The van der Waals surface area contributed by atoms with Gasteiger partial charge in [0.15, 0.2) is 5.82 Å². The van der Waals surface area contributed by atoms with E-state index in [0.717, 1.165) is 48.1 Å². The van der Waals surface area contributed by atoms with Crippen LogP contribution in [0.4, 0.5) is 15.9 Å². The van der Waals surface area contributed by atoms with Gasteiger partial charge in [-0.2, -0.15) is 10.4 Å². The molecule has 0 saturated carbocycles. The third kappa shape index (κ3) is 3.71. The standard InChI is InChI=1S/C22H23FN6/c1-14-16(12-24)4-3-5-17(14)13-26-22-19-11-21(29-8-6-25-7-9-29)20(23)10-18(19)15(2)27-28-22/h3-5,10-11,25H,6-9,13H2,1-2H3,(H,26,28). The number of nitrogens with zero attached hydrogens (tertiary/aromatic N) is 4. The number of piperazine rings is 1. The highest BCUT2D eigenvalue weighted by molar-refractivity contribution is 5.95. The van der Waals surface area contributed by atoms with Crippen molar-refractivity contribution >= 4 is 22.3 Å². The van der Waals surface area contributed by atoms with Crippen molar-refractivity contribution in [3.05, 3.63) is 58.5 Å². The number of benzene rings is 2. The molecule has 7 heteroatoms. The van der Waals surface area contributed by atoms with Crippen molar-refractivity contribution in [2.24, 2.45) is 0 Å². The molecule has 2 heterocycles. The minimum atomic E-state index is -0.237. The largest absolute Gasteiger partial charge is 0.367 e. The molecule has 0 radical (unpaired) electrons. The second-order valence-electron chi connectivity index (χ2n) is 7.28. The fourth-order valence-electron chi connectivity index (χ4n) is 3.74. The lowest BCUT2D eigenvalue weighted by Gasteiger charge is -2.30. The van der Waals surface area contributed by atoms with Crippen LogP contribution in [0, 0.1) is 31.0 Å². The van der Waals surface area contributed by atoms with Gasteiger partial charge in [0.05, 0.1) is 23.0 Å². The molecule has 29 heavy (non-hydrogen) atoms. The van der Waals surface area contributed by atoms with Crippen LogP contribution in [0.5, 0.6) is 0 Å². The van der Waals surface area contributed by atoms with Gasteiger partial charge in [-0.25, -0.2) is 4.39 Å². The Morgan fingerprint density at radius 3 is 2.72 bits per heavy atom. The van der Waals surface area contributed by atoms with Crippen LogP contribution in [0.3, 0.4) is 0 Å². The second-order valence-corrected chi connectivity index (χ2v) is 7.28. The van der Waals surface area contributed by atoms with Crippen molar-refractivity contribution in [3.8, 4) is 6.07 Å². The smallest absolute Gasteiger partial charge is 0.156 e. The van der Waals surface area contributed by atoms with Gasteiger partial charge in [-0.3, -0.25) is 0 Å². The quantitative estimate of drug-likeness (QED) is 0.712. The van der Waals surface area contributed by atoms with E-state index < -0.39 is 0 Å². The average molecular weight is 390 g/mol. The van der Waals surface area contributed by atoms with Crippen molar-refractivity contribution < 1.29 is 4.39 Å². The minimum absolute atomic E-state index is 0.237. The van der Waals surface area contributed by atoms with Crippen molar-refractivity contribution in [1.29, 1.82) is 5.26 Å². The molecule has 1 aliphatic rings. The lowest BCUT2D eigenvalue weighted by Crippen LogP contribution is -2.43. The number of nitriles is 1. The van der Waals surface area contributed by atoms with Gasteiger partial charge in [0, 0.05) is 43.5 Å². The monoisotopic (exact) mass is 390 g/mol. The molecule has 0 atom stereocenters. The number of hydrogen-bond donors (Lipinski definition) is 2. The van der Waals surface area contributed by atoms with Gasteiger partial charge < -0.3 is 15.5 Å². The summed E-state index contributed by atoms with van der Waals surface area (Å²) in [5.74, 6) is 0.378. The fourth-order valence-corrected chi connectivity index (χ4v) is 3.74. The van der Waals surface area contributed by atoms with Crippen LogP contribution in [0.25, 0.3) is 10.8 Å². The molecular formula is C22H23FN6. The third-order valence-corrected chi connectivity index (χ3v) is 5.50. The van der Waals surface area contributed by atoms with Gasteiger partial charge in [-0.1, -0.05) is 12.1 Å². The van der Waals surface area contributed by atoms with Crippen LogP contribution >= 0.6 is 0 Å². The van der Waals surface area contributed by atoms with Gasteiger partial charge in [-0.05, 0) is 43.2 Å². The molecule has 2 N–H and O–H groups in total. The Labute approximate surface area is 169 Å². The van der Waals surface area contributed by atoms with E-state index in [9.17, 15) is 9.65 Å². The van der Waals surface area contributed by atoms with Crippen molar-refractivity contribution in [1.82, 2.24) is 15.5 Å². The molecule has 1 aromatic heterocycles. The number of fused-ring (bicyclic) bond motifs is 1. The number of hydrogen-bond acceptors (Lipinski definition) is 6. The Balaban J connectivity index is 1.71. The Kier molecular flexibility index (Phi) is 5.28. The van der Waals surface area contributed by atoms with Crippen LogP contribution < -0.4 is 15.5 Å². The molecule has 1 saturated heterocycles. The van der Waals surface area contributed by atoms with Gasteiger partial charge >= 0.3 is 0 Å². The lowest BCUT2D eigenvalue weighted by molar-refractivity contribution is 0.567. The molecule has 4 rings (SSSR count). The summed E-state index contributed by atoms with van der Waals surface area (Å²) in [4.78, 5) is 2.06. The molecule has 0 bridgehead atoms. The maximum absolute atomic E-state index is 14.8. The number of nitrogens with one attached hydrogen (secondary N) is 2. The summed E-state index contributed by atoms with van der Waals surface area (Å²) in [6.45, 7) is 7.49. The first-order chi connectivity index (χ1) is 14.1. The van der Waals surface area contributed by atoms with E-state index >= 15 is 0 Å². The summed E-state index contributed by atoms with van der Waals surface area (Å²) in [6, 6.07) is 11.3. The summed E-state index contributed by atoms with van der Waals surface area (Å²) in [5.41, 5.74) is 3.91. The fraction of sp³-hybridized carbons (Fsp3) is 0.318. The SMILES string of the molecule is Cc1c(C#N)cccc1CNc1nnc(C)c2cc(F)c(N3CCNCC3)cc12. The maximum Gasteiger partial charge on any atom is 0.156 e. The van der Waals surface area contributed by atoms with Crippen molar-refractivity contribution in [3.63, 3.8) is 0 Å². The average Bonchev–Trinajstić information content (AvgIpc) is 2.75. The van der Waals surface area contributed by atoms with E-state index in [1.165, 1.54) is 0 Å². The second kappa shape index (κ2) is 8.02. The number of anilines is 2. The van der Waals surface area contributed by atoms with Crippen LogP contribution in [0.15, 0.2) is 30.3 Å². The number of aryl methyl sites for hydroxylation is 1. The van der Waals surface area contributed by atoms with Crippen LogP contribution in [-0.2, 0) is 6.54 Å². The van der Waals surface area contributed by atoms with E-state index in [0.29, 0.717) is 29.3 Å². The highest BCUT2D eigenvalue weighted by Crippen LogP contribution is 2.31. The van der Waals surface area contributed by atoms with Gasteiger partial charge in [-0.15, -0.1) is 5.10 Å². The normalized spacial score (nSPS) is 14.1. The Bertz CT molecular complexity index is 1100. The Morgan fingerprint density at radius 2 is 1.97 bits per heavy atom. The number of halogens is 1. The van der Waals surface area contributed by atoms with Gasteiger partial charge in [0.2, 0.25) is 0 Å². The zero-order chi connectivity index (χ0) is 20.4. The molecular weight excluding hydrogens is 367 g/mol. The molecule has 0 aliphatic carbocycles. The Morgan fingerprint density at radius 1 is 1.17 bits per heavy atom.